The molecule has 1 heterocycles. The van der Waals surface area contributed by atoms with Crippen LogP contribution in [0.1, 0.15) is 5.56 Å². The second-order valence-corrected chi connectivity index (χ2v) is 6.27. The van der Waals surface area contributed by atoms with Gasteiger partial charge in [0, 0.05) is 4.47 Å². The van der Waals surface area contributed by atoms with Crippen LogP contribution < -0.4 is 4.87 Å². The summed E-state index contributed by atoms with van der Waals surface area (Å²) in [5, 5.41) is 0. The fraction of sp³-hybridized carbons (Fsp3) is 0.0714. The number of hydrogen-bond acceptors (Lipinski definition) is 2. The molecule has 0 atom stereocenters. The molecule has 0 radical (unpaired) electrons. The topological polar surface area (TPSA) is 22.0 Å². The number of thiazole rings is 1. The highest BCUT2D eigenvalue weighted by Crippen LogP contribution is 2.31. The van der Waals surface area contributed by atoms with Gasteiger partial charge in [0.2, 0.25) is 0 Å². The van der Waals surface area contributed by atoms with Crippen molar-refractivity contribution in [3.8, 4) is 5.69 Å². The third-order valence-corrected chi connectivity index (χ3v) is 4.37. The minimum absolute atomic E-state index is 0.211. The summed E-state index contributed by atoms with van der Waals surface area (Å²) in [5.74, 6) is 0. The van der Waals surface area contributed by atoms with Crippen LogP contribution in [-0.4, -0.2) is 4.57 Å². The molecular weight excluding hydrogens is 367 g/mol. The predicted molar refractivity (Wildman–Crippen MR) is 80.1 cm³/mol. The highest BCUT2D eigenvalue weighted by atomic mass is 79.9. The lowest BCUT2D eigenvalue weighted by Crippen LogP contribution is -2.12. The zero-order chi connectivity index (χ0) is 15.2. The van der Waals surface area contributed by atoms with Gasteiger partial charge in [0.05, 0.1) is 21.5 Å². The van der Waals surface area contributed by atoms with Crippen LogP contribution in [0.25, 0.3) is 15.9 Å². The number of halogens is 4. The van der Waals surface area contributed by atoms with Crippen molar-refractivity contribution in [3.63, 3.8) is 0 Å². The lowest BCUT2D eigenvalue weighted by Gasteiger charge is -2.09. The quantitative estimate of drug-likeness (QED) is 0.598. The summed E-state index contributed by atoms with van der Waals surface area (Å²) >= 11 is 4.30. The number of alkyl halides is 3. The van der Waals surface area contributed by atoms with Gasteiger partial charge < -0.3 is 0 Å². The molecule has 0 N–H and O–H groups in total. The van der Waals surface area contributed by atoms with E-state index in [-0.39, 0.29) is 10.6 Å². The summed E-state index contributed by atoms with van der Waals surface area (Å²) in [7, 11) is 0. The Labute approximate surface area is 129 Å². The Morgan fingerprint density at radius 3 is 2.57 bits per heavy atom. The van der Waals surface area contributed by atoms with E-state index in [9.17, 15) is 18.0 Å². The van der Waals surface area contributed by atoms with E-state index in [0.717, 1.165) is 27.9 Å². The molecule has 3 rings (SSSR count). The first-order valence-electron chi connectivity index (χ1n) is 5.85. The van der Waals surface area contributed by atoms with Crippen molar-refractivity contribution in [1.82, 2.24) is 4.57 Å². The standard InChI is InChI=1S/C14H7BrF3NOS/c15-9-4-5-11-12(7-9)21-13(20)19(11)10-3-1-2-8(6-10)14(16,17)18/h1-7H. The SMILES string of the molecule is O=c1sc2cc(Br)ccc2n1-c1cccc(C(F)(F)F)c1. The third-order valence-electron chi connectivity index (χ3n) is 2.97. The van der Waals surface area contributed by atoms with Gasteiger partial charge in [-0.3, -0.25) is 9.36 Å². The van der Waals surface area contributed by atoms with Crippen LogP contribution in [0.15, 0.2) is 51.7 Å². The lowest BCUT2D eigenvalue weighted by atomic mass is 10.2. The van der Waals surface area contributed by atoms with Gasteiger partial charge in [-0.2, -0.15) is 13.2 Å². The van der Waals surface area contributed by atoms with Crippen LogP contribution in [-0.2, 0) is 6.18 Å². The highest BCUT2D eigenvalue weighted by molar-refractivity contribution is 9.10. The first-order chi connectivity index (χ1) is 9.86. The summed E-state index contributed by atoms with van der Waals surface area (Å²) in [6.45, 7) is 0. The number of nitrogens with zero attached hydrogens (tertiary/aromatic N) is 1. The molecule has 3 aromatic rings. The van der Waals surface area contributed by atoms with Gasteiger partial charge in [-0.15, -0.1) is 0 Å². The van der Waals surface area contributed by atoms with Gasteiger partial charge in [-0.25, -0.2) is 0 Å². The Balaban J connectivity index is 2.26. The van der Waals surface area contributed by atoms with Gasteiger partial charge in [0.25, 0.3) is 0 Å². The molecule has 0 bridgehead atoms. The van der Waals surface area contributed by atoms with E-state index >= 15 is 0 Å². The fourth-order valence-corrected chi connectivity index (χ4v) is 3.50. The summed E-state index contributed by atoms with van der Waals surface area (Å²) in [4.78, 5) is 11.8. The van der Waals surface area contributed by atoms with E-state index in [0.29, 0.717) is 10.2 Å². The van der Waals surface area contributed by atoms with Crippen LogP contribution in [0.4, 0.5) is 13.2 Å². The van der Waals surface area contributed by atoms with Crippen molar-refractivity contribution in [2.45, 2.75) is 6.18 Å². The van der Waals surface area contributed by atoms with E-state index in [2.05, 4.69) is 15.9 Å². The maximum atomic E-state index is 12.8. The maximum absolute atomic E-state index is 12.8. The second kappa shape index (κ2) is 4.99. The lowest BCUT2D eigenvalue weighted by molar-refractivity contribution is -0.137. The normalized spacial score (nSPS) is 12.0. The molecular formula is C14H7BrF3NOS. The first kappa shape index (κ1) is 14.3. The number of hydrogen-bond donors (Lipinski definition) is 0. The van der Waals surface area contributed by atoms with Gasteiger partial charge in [-0.05, 0) is 36.4 Å². The van der Waals surface area contributed by atoms with Crippen LogP contribution in [0.3, 0.4) is 0 Å². The molecule has 0 aliphatic carbocycles. The van der Waals surface area contributed by atoms with Crippen molar-refractivity contribution in [2.24, 2.45) is 0 Å². The van der Waals surface area contributed by atoms with Crippen molar-refractivity contribution < 1.29 is 13.2 Å². The highest BCUT2D eigenvalue weighted by Gasteiger charge is 2.30. The number of fused-ring (bicyclic) bond motifs is 1. The first-order valence-corrected chi connectivity index (χ1v) is 7.46. The Morgan fingerprint density at radius 1 is 1.10 bits per heavy atom. The third kappa shape index (κ3) is 2.63. The van der Waals surface area contributed by atoms with E-state index < -0.39 is 11.7 Å². The number of rotatable bonds is 1. The Bertz CT molecular complexity index is 882. The zero-order valence-electron chi connectivity index (χ0n) is 10.3. The minimum Gasteiger partial charge on any atom is -0.267 e. The molecule has 0 unspecified atom stereocenters. The Morgan fingerprint density at radius 2 is 1.86 bits per heavy atom. The number of aromatic nitrogens is 1. The molecule has 0 amide bonds. The average Bonchev–Trinajstić information content (AvgIpc) is 2.73. The monoisotopic (exact) mass is 373 g/mol. The van der Waals surface area contributed by atoms with Gasteiger partial charge in [0.1, 0.15) is 0 Å². The summed E-state index contributed by atoms with van der Waals surface area (Å²) < 4.78 is 41.2. The van der Waals surface area contributed by atoms with E-state index in [1.165, 1.54) is 16.7 Å². The minimum atomic E-state index is -4.44. The van der Waals surface area contributed by atoms with E-state index in [1.54, 1.807) is 18.2 Å². The number of benzene rings is 2. The van der Waals surface area contributed by atoms with E-state index in [1.807, 2.05) is 0 Å². The van der Waals surface area contributed by atoms with Crippen molar-refractivity contribution >= 4 is 37.5 Å². The van der Waals surface area contributed by atoms with Crippen LogP contribution in [0.2, 0.25) is 0 Å². The van der Waals surface area contributed by atoms with Crippen LogP contribution in [0, 0.1) is 0 Å². The van der Waals surface area contributed by atoms with Gasteiger partial charge in [-0.1, -0.05) is 33.3 Å². The molecule has 108 valence electrons. The maximum Gasteiger partial charge on any atom is 0.416 e. The van der Waals surface area contributed by atoms with Crippen molar-refractivity contribution in [2.75, 3.05) is 0 Å². The average molecular weight is 374 g/mol. The Kier molecular flexibility index (Phi) is 3.41. The Hall–Kier alpha value is -1.60. The molecule has 7 heteroatoms. The molecule has 0 saturated carbocycles. The molecule has 0 spiro atoms. The molecule has 2 aromatic carbocycles. The molecule has 0 saturated heterocycles. The predicted octanol–water partition coefficient (Wildman–Crippen LogP) is 4.83. The zero-order valence-corrected chi connectivity index (χ0v) is 12.7. The molecule has 1 aromatic heterocycles. The summed E-state index contributed by atoms with van der Waals surface area (Å²) in [5.41, 5.74) is 0.0271. The van der Waals surface area contributed by atoms with Gasteiger partial charge in [0.15, 0.2) is 0 Å². The van der Waals surface area contributed by atoms with Gasteiger partial charge >= 0.3 is 11.0 Å². The van der Waals surface area contributed by atoms with E-state index in [4.69, 9.17) is 0 Å². The molecule has 2 nitrogen and oxygen atoms in total. The molecule has 0 aliphatic rings. The summed E-state index contributed by atoms with van der Waals surface area (Å²) in [6, 6.07) is 9.98. The van der Waals surface area contributed by atoms with Crippen molar-refractivity contribution in [3.05, 3.63) is 62.2 Å². The molecule has 0 fully saturated rings. The molecule has 0 aliphatic heterocycles. The smallest absolute Gasteiger partial charge is 0.267 e. The largest absolute Gasteiger partial charge is 0.416 e. The van der Waals surface area contributed by atoms with Crippen molar-refractivity contribution in [1.29, 1.82) is 0 Å². The molecule has 21 heavy (non-hydrogen) atoms. The fourth-order valence-electron chi connectivity index (χ4n) is 2.06. The summed E-state index contributed by atoms with van der Waals surface area (Å²) in [6.07, 6.45) is -4.44. The van der Waals surface area contributed by atoms with Crippen LogP contribution in [0.5, 0.6) is 0 Å². The van der Waals surface area contributed by atoms with Crippen LogP contribution >= 0.6 is 27.3 Å². The second-order valence-electron chi connectivity index (χ2n) is 4.36.